The van der Waals surface area contributed by atoms with Gasteiger partial charge in [0.1, 0.15) is 0 Å². The lowest BCUT2D eigenvalue weighted by atomic mass is 10.3. The summed E-state index contributed by atoms with van der Waals surface area (Å²) < 4.78 is 9.19. The van der Waals surface area contributed by atoms with E-state index in [2.05, 4.69) is 16.1 Å². The van der Waals surface area contributed by atoms with Crippen molar-refractivity contribution in [1.82, 2.24) is 19.2 Å². The molecular weight excluding hydrogens is 228 g/mol. The predicted molar refractivity (Wildman–Crippen MR) is 67.2 cm³/mol. The van der Waals surface area contributed by atoms with Gasteiger partial charge in [-0.1, -0.05) is 12.1 Å². The van der Waals surface area contributed by atoms with Crippen molar-refractivity contribution in [3.05, 3.63) is 42.7 Å². The number of aromatic nitrogens is 4. The number of imidazole rings is 1. The van der Waals surface area contributed by atoms with Gasteiger partial charge in [-0.3, -0.25) is 0 Å². The van der Waals surface area contributed by atoms with Crippen LogP contribution in [0.2, 0.25) is 0 Å². The Morgan fingerprint density at radius 1 is 1.06 bits per heavy atom. The second kappa shape index (κ2) is 3.22. The fourth-order valence-electron chi connectivity index (χ4n) is 2.23. The molecule has 0 saturated heterocycles. The third kappa shape index (κ3) is 1.10. The first-order valence-electron chi connectivity index (χ1n) is 5.68. The van der Waals surface area contributed by atoms with Gasteiger partial charge in [0.25, 0.3) is 0 Å². The molecule has 0 atom stereocenters. The number of furan rings is 1. The normalized spacial score (nSPS) is 11.6. The molecule has 0 unspecified atom stereocenters. The zero-order valence-corrected chi connectivity index (χ0v) is 9.74. The summed E-state index contributed by atoms with van der Waals surface area (Å²) in [6, 6.07) is 11.8. The van der Waals surface area contributed by atoms with Crippen LogP contribution >= 0.6 is 0 Å². The third-order valence-electron chi connectivity index (χ3n) is 3.10. The zero-order chi connectivity index (χ0) is 12.1. The summed E-state index contributed by atoms with van der Waals surface area (Å²) in [5.41, 5.74) is 2.15. The first kappa shape index (κ1) is 9.47. The van der Waals surface area contributed by atoms with E-state index in [1.165, 1.54) is 0 Å². The minimum atomic E-state index is 0.608. The minimum Gasteiger partial charge on any atom is -0.461 e. The summed E-state index contributed by atoms with van der Waals surface area (Å²) in [5.74, 6) is 2.10. The molecule has 0 fully saturated rings. The summed E-state index contributed by atoms with van der Waals surface area (Å²) in [7, 11) is 1.98. The molecule has 0 N–H and O–H groups in total. The van der Waals surface area contributed by atoms with E-state index in [0.29, 0.717) is 11.6 Å². The smallest absolute Gasteiger partial charge is 0.233 e. The lowest BCUT2D eigenvalue weighted by Crippen LogP contribution is -1.88. The molecule has 0 aliphatic carbocycles. The Morgan fingerprint density at radius 3 is 2.67 bits per heavy atom. The van der Waals surface area contributed by atoms with Crippen LogP contribution in [0.1, 0.15) is 0 Å². The highest BCUT2D eigenvalue weighted by Crippen LogP contribution is 2.22. The van der Waals surface area contributed by atoms with Crippen LogP contribution in [0.3, 0.4) is 0 Å². The second-order valence-corrected chi connectivity index (χ2v) is 4.17. The summed E-state index contributed by atoms with van der Waals surface area (Å²) in [6.45, 7) is 0. The van der Waals surface area contributed by atoms with Crippen molar-refractivity contribution < 1.29 is 4.42 Å². The monoisotopic (exact) mass is 238 g/mol. The van der Waals surface area contributed by atoms with E-state index in [1.807, 2.05) is 46.5 Å². The number of para-hydroxylation sites is 2. The Kier molecular flexibility index (Phi) is 1.70. The van der Waals surface area contributed by atoms with Crippen LogP contribution in [0.15, 0.2) is 47.1 Å². The molecule has 0 bridgehead atoms. The number of aryl methyl sites for hydroxylation is 1. The highest BCUT2D eigenvalue weighted by Gasteiger charge is 2.14. The molecule has 18 heavy (non-hydrogen) atoms. The van der Waals surface area contributed by atoms with Crippen molar-refractivity contribution in [2.24, 2.45) is 7.05 Å². The number of rotatable bonds is 1. The van der Waals surface area contributed by atoms with Crippen molar-refractivity contribution >= 4 is 16.8 Å². The van der Waals surface area contributed by atoms with E-state index in [1.54, 1.807) is 6.26 Å². The topological polar surface area (TPSA) is 48.3 Å². The van der Waals surface area contributed by atoms with Crippen LogP contribution in [0, 0.1) is 0 Å². The van der Waals surface area contributed by atoms with E-state index in [4.69, 9.17) is 4.42 Å². The highest BCUT2D eigenvalue weighted by atomic mass is 16.3. The molecule has 1 aromatic carbocycles. The van der Waals surface area contributed by atoms with Crippen LogP contribution < -0.4 is 0 Å². The first-order chi connectivity index (χ1) is 8.84. The molecule has 0 amide bonds. The van der Waals surface area contributed by atoms with Gasteiger partial charge < -0.3 is 8.98 Å². The fraction of sp³-hybridized carbons (Fsp3) is 0.0769. The number of hydrogen-bond acceptors (Lipinski definition) is 3. The minimum absolute atomic E-state index is 0.608. The predicted octanol–water partition coefficient (Wildman–Crippen LogP) is 2.48. The number of fused-ring (bicyclic) bond motifs is 3. The van der Waals surface area contributed by atoms with Crippen LogP contribution in [0.25, 0.3) is 28.4 Å². The SMILES string of the molecule is Cn1c2ccccc2n2nc(-c3ccco3)nc12. The summed E-state index contributed by atoms with van der Waals surface area (Å²) in [4.78, 5) is 4.51. The maximum Gasteiger partial charge on any atom is 0.233 e. The van der Waals surface area contributed by atoms with Crippen molar-refractivity contribution in [1.29, 1.82) is 0 Å². The average molecular weight is 238 g/mol. The molecule has 5 heteroatoms. The Balaban J connectivity index is 2.10. The van der Waals surface area contributed by atoms with Gasteiger partial charge in [-0.15, -0.1) is 5.10 Å². The maximum atomic E-state index is 5.32. The standard InChI is InChI=1S/C13H10N4O/c1-16-9-5-2-3-6-10(9)17-13(16)14-12(15-17)11-7-4-8-18-11/h2-8H,1H3. The van der Waals surface area contributed by atoms with E-state index >= 15 is 0 Å². The summed E-state index contributed by atoms with van der Waals surface area (Å²) in [6.07, 6.45) is 1.62. The van der Waals surface area contributed by atoms with Crippen molar-refractivity contribution in [2.75, 3.05) is 0 Å². The molecule has 5 nitrogen and oxygen atoms in total. The van der Waals surface area contributed by atoms with E-state index in [0.717, 1.165) is 16.8 Å². The lowest BCUT2D eigenvalue weighted by Gasteiger charge is -1.93. The molecule has 0 aliphatic heterocycles. The molecule has 3 aromatic heterocycles. The molecule has 4 rings (SSSR count). The van der Waals surface area contributed by atoms with Gasteiger partial charge in [0.05, 0.1) is 17.3 Å². The fourth-order valence-corrected chi connectivity index (χ4v) is 2.23. The van der Waals surface area contributed by atoms with Crippen molar-refractivity contribution in [2.45, 2.75) is 0 Å². The molecular formula is C13H10N4O. The Bertz CT molecular complexity index is 839. The molecule has 3 heterocycles. The zero-order valence-electron chi connectivity index (χ0n) is 9.74. The number of nitrogens with zero attached hydrogens (tertiary/aromatic N) is 4. The molecule has 4 aromatic rings. The Hall–Kier alpha value is -2.56. The van der Waals surface area contributed by atoms with Crippen molar-refractivity contribution in [3.8, 4) is 11.6 Å². The van der Waals surface area contributed by atoms with Crippen LogP contribution in [-0.2, 0) is 7.05 Å². The van der Waals surface area contributed by atoms with Gasteiger partial charge in [0.15, 0.2) is 5.76 Å². The molecule has 0 aliphatic rings. The first-order valence-corrected chi connectivity index (χ1v) is 5.68. The largest absolute Gasteiger partial charge is 0.461 e. The quantitative estimate of drug-likeness (QED) is 0.512. The van der Waals surface area contributed by atoms with E-state index in [9.17, 15) is 0 Å². The lowest BCUT2D eigenvalue weighted by molar-refractivity contribution is 0.577. The average Bonchev–Trinajstić information content (AvgIpc) is 3.09. The van der Waals surface area contributed by atoms with Crippen LogP contribution in [0.4, 0.5) is 0 Å². The Labute approximate surface area is 102 Å². The van der Waals surface area contributed by atoms with Gasteiger partial charge in [0.2, 0.25) is 11.6 Å². The Morgan fingerprint density at radius 2 is 1.89 bits per heavy atom. The molecule has 0 spiro atoms. The summed E-state index contributed by atoms with van der Waals surface area (Å²) >= 11 is 0. The second-order valence-electron chi connectivity index (χ2n) is 4.17. The van der Waals surface area contributed by atoms with E-state index in [-0.39, 0.29) is 0 Å². The van der Waals surface area contributed by atoms with Crippen LogP contribution in [0.5, 0.6) is 0 Å². The highest BCUT2D eigenvalue weighted by molar-refractivity contribution is 5.80. The molecule has 0 radical (unpaired) electrons. The van der Waals surface area contributed by atoms with Gasteiger partial charge in [-0.25, -0.2) is 0 Å². The van der Waals surface area contributed by atoms with Crippen LogP contribution in [-0.4, -0.2) is 19.2 Å². The summed E-state index contributed by atoms with van der Waals surface area (Å²) in [5, 5.41) is 4.50. The number of hydrogen-bond donors (Lipinski definition) is 0. The molecule has 88 valence electrons. The van der Waals surface area contributed by atoms with Gasteiger partial charge in [0, 0.05) is 7.05 Å². The van der Waals surface area contributed by atoms with Gasteiger partial charge in [-0.05, 0) is 24.3 Å². The van der Waals surface area contributed by atoms with Crippen molar-refractivity contribution in [3.63, 3.8) is 0 Å². The third-order valence-corrected chi connectivity index (χ3v) is 3.10. The molecule has 0 saturated carbocycles. The van der Waals surface area contributed by atoms with Gasteiger partial charge in [-0.2, -0.15) is 9.50 Å². The number of benzene rings is 1. The van der Waals surface area contributed by atoms with E-state index < -0.39 is 0 Å². The maximum absolute atomic E-state index is 5.32. The van der Waals surface area contributed by atoms with Gasteiger partial charge >= 0.3 is 0 Å².